The minimum atomic E-state index is 0.493. The monoisotopic (exact) mass is 248 g/mol. The predicted molar refractivity (Wildman–Crippen MR) is 71.2 cm³/mol. The van der Waals surface area contributed by atoms with Crippen LogP contribution in [0.1, 0.15) is 38.2 Å². The van der Waals surface area contributed by atoms with Gasteiger partial charge in [0.1, 0.15) is 6.07 Å². The Kier molecular flexibility index (Phi) is 3.91. The Bertz CT molecular complexity index is 436. The van der Waals surface area contributed by atoms with Gasteiger partial charge in [-0.05, 0) is 37.0 Å². The molecule has 0 spiro atoms. The van der Waals surface area contributed by atoms with Crippen LogP contribution in [0, 0.1) is 17.2 Å². The Labute approximate surface area is 108 Å². The van der Waals surface area contributed by atoms with E-state index in [0.717, 1.165) is 11.6 Å². The number of anilines is 1. The zero-order valence-corrected chi connectivity index (χ0v) is 10.8. The summed E-state index contributed by atoms with van der Waals surface area (Å²) in [6, 6.07) is 8.13. The van der Waals surface area contributed by atoms with Gasteiger partial charge in [0.25, 0.3) is 0 Å². The zero-order chi connectivity index (χ0) is 12.3. The maximum atomic E-state index is 9.08. The van der Waals surface area contributed by atoms with E-state index in [1.807, 2.05) is 12.1 Å². The van der Waals surface area contributed by atoms with Crippen LogP contribution >= 0.6 is 11.6 Å². The van der Waals surface area contributed by atoms with Crippen LogP contribution in [0.2, 0.25) is 5.02 Å². The Balaban J connectivity index is 2.10. The molecule has 90 valence electrons. The first kappa shape index (κ1) is 12.3. The first-order valence-electron chi connectivity index (χ1n) is 6.15. The molecule has 1 aliphatic rings. The smallest absolute Gasteiger partial charge is 0.101 e. The molecule has 0 aliphatic heterocycles. The van der Waals surface area contributed by atoms with Crippen molar-refractivity contribution in [3.8, 4) is 6.07 Å². The molecule has 1 N–H and O–H groups in total. The average molecular weight is 249 g/mol. The van der Waals surface area contributed by atoms with Gasteiger partial charge in [0, 0.05) is 11.1 Å². The summed E-state index contributed by atoms with van der Waals surface area (Å²) >= 11 is 5.88. The Hall–Kier alpha value is -1.20. The third-order valence-corrected chi connectivity index (χ3v) is 3.63. The SMILES string of the molecule is CC1CCCC(Nc2ccc(Cl)cc2C#N)C1. The number of hydrogen-bond donors (Lipinski definition) is 1. The van der Waals surface area contributed by atoms with Crippen molar-refractivity contribution in [1.29, 1.82) is 5.26 Å². The molecule has 17 heavy (non-hydrogen) atoms. The van der Waals surface area contributed by atoms with E-state index in [9.17, 15) is 0 Å². The maximum Gasteiger partial charge on any atom is 0.101 e. The summed E-state index contributed by atoms with van der Waals surface area (Å²) in [5.41, 5.74) is 1.55. The number of nitriles is 1. The largest absolute Gasteiger partial charge is 0.381 e. The second-order valence-electron chi connectivity index (χ2n) is 4.91. The first-order valence-corrected chi connectivity index (χ1v) is 6.53. The number of halogens is 1. The van der Waals surface area contributed by atoms with Gasteiger partial charge < -0.3 is 5.32 Å². The van der Waals surface area contributed by atoms with E-state index in [4.69, 9.17) is 16.9 Å². The molecule has 2 nitrogen and oxygen atoms in total. The van der Waals surface area contributed by atoms with Crippen molar-refractivity contribution in [3.05, 3.63) is 28.8 Å². The van der Waals surface area contributed by atoms with Gasteiger partial charge in [0.05, 0.1) is 11.3 Å². The molecule has 1 aliphatic carbocycles. The van der Waals surface area contributed by atoms with Crippen LogP contribution in [0.4, 0.5) is 5.69 Å². The van der Waals surface area contributed by atoms with Crippen LogP contribution in [0.5, 0.6) is 0 Å². The standard InChI is InChI=1S/C14H17ClN2/c1-10-3-2-4-13(7-10)17-14-6-5-12(15)8-11(14)9-16/h5-6,8,10,13,17H,2-4,7H2,1H3. The lowest BCUT2D eigenvalue weighted by Gasteiger charge is -2.28. The molecule has 0 saturated heterocycles. The van der Waals surface area contributed by atoms with E-state index < -0.39 is 0 Å². The molecule has 1 aromatic carbocycles. The number of benzene rings is 1. The van der Waals surface area contributed by atoms with Crippen molar-refractivity contribution >= 4 is 17.3 Å². The molecule has 2 atom stereocenters. The highest BCUT2D eigenvalue weighted by atomic mass is 35.5. The Morgan fingerprint density at radius 3 is 2.94 bits per heavy atom. The summed E-state index contributed by atoms with van der Waals surface area (Å²) in [7, 11) is 0. The normalized spacial score (nSPS) is 24.1. The summed E-state index contributed by atoms with van der Waals surface area (Å²) in [4.78, 5) is 0. The second kappa shape index (κ2) is 5.42. The summed E-state index contributed by atoms with van der Waals surface area (Å²) in [5, 5.41) is 13.2. The van der Waals surface area contributed by atoms with Crippen LogP contribution in [-0.4, -0.2) is 6.04 Å². The summed E-state index contributed by atoms with van der Waals surface area (Å²) < 4.78 is 0. The lowest BCUT2D eigenvalue weighted by Crippen LogP contribution is -2.26. The highest BCUT2D eigenvalue weighted by Gasteiger charge is 2.19. The predicted octanol–water partition coefficient (Wildman–Crippen LogP) is 4.20. The van der Waals surface area contributed by atoms with E-state index in [1.165, 1.54) is 25.7 Å². The fourth-order valence-corrected chi connectivity index (χ4v) is 2.69. The molecule has 2 rings (SSSR count). The molecule has 3 heteroatoms. The molecule has 0 radical (unpaired) electrons. The molecular weight excluding hydrogens is 232 g/mol. The van der Waals surface area contributed by atoms with Crippen molar-refractivity contribution in [3.63, 3.8) is 0 Å². The number of hydrogen-bond acceptors (Lipinski definition) is 2. The van der Waals surface area contributed by atoms with Crippen molar-refractivity contribution < 1.29 is 0 Å². The molecule has 1 fully saturated rings. The second-order valence-corrected chi connectivity index (χ2v) is 5.35. The lowest BCUT2D eigenvalue weighted by atomic mass is 9.87. The summed E-state index contributed by atoms with van der Waals surface area (Å²) in [5.74, 6) is 0.777. The van der Waals surface area contributed by atoms with Gasteiger partial charge in [-0.2, -0.15) is 5.26 Å². The van der Waals surface area contributed by atoms with Gasteiger partial charge >= 0.3 is 0 Å². The Morgan fingerprint density at radius 2 is 2.24 bits per heavy atom. The summed E-state index contributed by atoms with van der Waals surface area (Å²) in [6.07, 6.45) is 4.98. The molecule has 2 unspecified atom stereocenters. The van der Waals surface area contributed by atoms with Crippen LogP contribution in [0.25, 0.3) is 0 Å². The fraction of sp³-hybridized carbons (Fsp3) is 0.500. The topological polar surface area (TPSA) is 35.8 Å². The van der Waals surface area contributed by atoms with Gasteiger partial charge in [0.2, 0.25) is 0 Å². The first-order chi connectivity index (χ1) is 8.19. The molecule has 0 heterocycles. The zero-order valence-electron chi connectivity index (χ0n) is 10.0. The molecule has 1 saturated carbocycles. The van der Waals surface area contributed by atoms with Crippen molar-refractivity contribution in [1.82, 2.24) is 0 Å². The quantitative estimate of drug-likeness (QED) is 0.851. The lowest BCUT2D eigenvalue weighted by molar-refractivity contribution is 0.358. The van der Waals surface area contributed by atoms with Crippen molar-refractivity contribution in [2.24, 2.45) is 5.92 Å². The maximum absolute atomic E-state index is 9.08. The number of rotatable bonds is 2. The van der Waals surface area contributed by atoms with Crippen LogP contribution in [0.3, 0.4) is 0 Å². The molecule has 0 amide bonds. The van der Waals surface area contributed by atoms with E-state index in [2.05, 4.69) is 18.3 Å². The van der Waals surface area contributed by atoms with Crippen molar-refractivity contribution in [2.75, 3.05) is 5.32 Å². The van der Waals surface area contributed by atoms with E-state index in [1.54, 1.807) is 6.07 Å². The molecule has 0 aromatic heterocycles. The average Bonchev–Trinajstić information content (AvgIpc) is 2.31. The minimum Gasteiger partial charge on any atom is -0.381 e. The molecular formula is C14H17ClN2. The van der Waals surface area contributed by atoms with Crippen LogP contribution in [0.15, 0.2) is 18.2 Å². The van der Waals surface area contributed by atoms with Crippen molar-refractivity contribution in [2.45, 2.75) is 38.6 Å². The molecule has 0 bridgehead atoms. The third kappa shape index (κ3) is 3.14. The minimum absolute atomic E-state index is 0.493. The van der Waals surface area contributed by atoms with Crippen LogP contribution < -0.4 is 5.32 Å². The van der Waals surface area contributed by atoms with Gasteiger partial charge in [-0.1, -0.05) is 31.4 Å². The van der Waals surface area contributed by atoms with Gasteiger partial charge in [-0.25, -0.2) is 0 Å². The van der Waals surface area contributed by atoms with E-state index >= 15 is 0 Å². The highest BCUT2D eigenvalue weighted by Crippen LogP contribution is 2.28. The van der Waals surface area contributed by atoms with E-state index in [-0.39, 0.29) is 0 Å². The number of nitrogens with zero attached hydrogens (tertiary/aromatic N) is 1. The van der Waals surface area contributed by atoms with E-state index in [0.29, 0.717) is 16.6 Å². The summed E-state index contributed by atoms with van der Waals surface area (Å²) in [6.45, 7) is 2.29. The van der Waals surface area contributed by atoms with Gasteiger partial charge in [-0.3, -0.25) is 0 Å². The number of nitrogens with one attached hydrogen (secondary N) is 1. The third-order valence-electron chi connectivity index (χ3n) is 3.40. The molecule has 1 aromatic rings. The van der Waals surface area contributed by atoms with Gasteiger partial charge in [-0.15, -0.1) is 0 Å². The van der Waals surface area contributed by atoms with Crippen LogP contribution in [-0.2, 0) is 0 Å². The highest BCUT2D eigenvalue weighted by molar-refractivity contribution is 6.30. The Morgan fingerprint density at radius 1 is 1.41 bits per heavy atom. The van der Waals surface area contributed by atoms with Gasteiger partial charge in [0.15, 0.2) is 0 Å². The fourth-order valence-electron chi connectivity index (χ4n) is 2.52.